The molecule has 0 aromatic heterocycles. The molecule has 146 valence electrons. The van der Waals surface area contributed by atoms with Crippen molar-refractivity contribution in [2.24, 2.45) is 0 Å². The molecule has 1 aliphatic rings. The van der Waals surface area contributed by atoms with E-state index in [9.17, 15) is 12.8 Å². The van der Waals surface area contributed by atoms with E-state index in [4.69, 9.17) is 4.74 Å². The van der Waals surface area contributed by atoms with E-state index < -0.39 is 16.7 Å². The van der Waals surface area contributed by atoms with Crippen LogP contribution in [0.2, 0.25) is 0 Å². The van der Waals surface area contributed by atoms with Crippen molar-refractivity contribution in [3.8, 4) is 5.75 Å². The number of ether oxygens (including phenoxy) is 1. The Balaban J connectivity index is 1.68. The minimum absolute atomic E-state index is 0.0480. The highest BCUT2D eigenvalue weighted by Crippen LogP contribution is 2.27. The van der Waals surface area contributed by atoms with E-state index >= 15 is 0 Å². The lowest BCUT2D eigenvalue weighted by atomic mass is 10.1. The summed E-state index contributed by atoms with van der Waals surface area (Å²) >= 11 is 0. The molecule has 0 saturated heterocycles. The fourth-order valence-corrected chi connectivity index (χ4v) is 4.31. The van der Waals surface area contributed by atoms with Crippen LogP contribution in [0.5, 0.6) is 5.75 Å². The summed E-state index contributed by atoms with van der Waals surface area (Å²) in [6.45, 7) is 2.49. The van der Waals surface area contributed by atoms with E-state index in [2.05, 4.69) is 17.0 Å². The standard InChI is InChI=1S/C20H25FN2O3S/c1-2-10-22-18-12-15-3-4-17(13-16(15)14-18)23-27(24,25)20-7-5-19(6-8-20)26-11-9-21/h3-8,13,18,22-23H,2,9-12,14H2,1H3. The average molecular weight is 392 g/mol. The first-order valence-electron chi connectivity index (χ1n) is 9.18. The Morgan fingerprint density at radius 3 is 2.56 bits per heavy atom. The lowest BCUT2D eigenvalue weighted by Crippen LogP contribution is -2.29. The molecule has 2 N–H and O–H groups in total. The van der Waals surface area contributed by atoms with Gasteiger partial charge in [-0.25, -0.2) is 12.8 Å². The molecule has 0 aliphatic heterocycles. The fraction of sp³-hybridized carbons (Fsp3) is 0.400. The Bertz CT molecular complexity index is 869. The van der Waals surface area contributed by atoms with E-state index in [1.165, 1.54) is 35.4 Å². The lowest BCUT2D eigenvalue weighted by molar-refractivity contribution is 0.273. The van der Waals surface area contributed by atoms with E-state index in [1.54, 1.807) is 6.07 Å². The predicted octanol–water partition coefficient (Wildman–Crippen LogP) is 3.30. The number of alkyl halides is 1. The second-order valence-electron chi connectivity index (χ2n) is 6.66. The molecule has 0 heterocycles. The van der Waals surface area contributed by atoms with E-state index in [0.29, 0.717) is 17.5 Å². The van der Waals surface area contributed by atoms with Gasteiger partial charge in [-0.3, -0.25) is 4.72 Å². The topological polar surface area (TPSA) is 67.4 Å². The SMILES string of the molecule is CCCNC1Cc2ccc(NS(=O)(=O)c3ccc(OCCF)cc3)cc2C1. The van der Waals surface area contributed by atoms with E-state index in [-0.39, 0.29) is 11.5 Å². The van der Waals surface area contributed by atoms with Gasteiger partial charge in [-0.05, 0) is 73.3 Å². The normalized spacial score (nSPS) is 16.1. The molecule has 1 aliphatic carbocycles. The third-order valence-electron chi connectivity index (χ3n) is 4.55. The van der Waals surface area contributed by atoms with Crippen LogP contribution >= 0.6 is 0 Å². The smallest absolute Gasteiger partial charge is 0.261 e. The number of benzene rings is 2. The number of rotatable bonds is 9. The quantitative estimate of drug-likeness (QED) is 0.687. The van der Waals surface area contributed by atoms with Gasteiger partial charge in [0.1, 0.15) is 19.0 Å². The first kappa shape index (κ1) is 19.6. The molecule has 27 heavy (non-hydrogen) atoms. The third-order valence-corrected chi connectivity index (χ3v) is 5.95. The van der Waals surface area contributed by atoms with Gasteiger partial charge in [-0.2, -0.15) is 0 Å². The van der Waals surface area contributed by atoms with Gasteiger partial charge in [-0.15, -0.1) is 0 Å². The zero-order valence-electron chi connectivity index (χ0n) is 15.4. The molecule has 0 amide bonds. The molecule has 1 atom stereocenters. The van der Waals surface area contributed by atoms with Gasteiger partial charge in [0, 0.05) is 11.7 Å². The predicted molar refractivity (Wildman–Crippen MR) is 105 cm³/mol. The first-order chi connectivity index (χ1) is 13.0. The highest BCUT2D eigenvalue weighted by molar-refractivity contribution is 7.92. The van der Waals surface area contributed by atoms with Crippen molar-refractivity contribution in [2.45, 2.75) is 37.1 Å². The summed E-state index contributed by atoms with van der Waals surface area (Å²) in [7, 11) is -3.69. The Hall–Kier alpha value is -2.12. The summed E-state index contributed by atoms with van der Waals surface area (Å²) in [5.74, 6) is 0.440. The van der Waals surface area contributed by atoms with Crippen LogP contribution < -0.4 is 14.8 Å². The van der Waals surface area contributed by atoms with Crippen LogP contribution in [0, 0.1) is 0 Å². The zero-order valence-corrected chi connectivity index (χ0v) is 16.2. The van der Waals surface area contributed by atoms with Crippen LogP contribution in [0.15, 0.2) is 47.4 Å². The summed E-state index contributed by atoms with van der Waals surface area (Å²) in [5, 5.41) is 3.52. The summed E-state index contributed by atoms with van der Waals surface area (Å²) < 4.78 is 45.1. The molecular weight excluding hydrogens is 367 g/mol. The van der Waals surface area contributed by atoms with E-state index in [1.807, 2.05) is 12.1 Å². The maximum Gasteiger partial charge on any atom is 0.261 e. The van der Waals surface area contributed by atoms with Crippen molar-refractivity contribution in [1.29, 1.82) is 0 Å². The monoisotopic (exact) mass is 392 g/mol. The minimum atomic E-state index is -3.69. The van der Waals surface area contributed by atoms with Gasteiger partial charge in [0.25, 0.3) is 10.0 Å². The number of fused-ring (bicyclic) bond motifs is 1. The van der Waals surface area contributed by atoms with E-state index in [0.717, 1.165) is 25.8 Å². The molecule has 3 rings (SSSR count). The second kappa shape index (κ2) is 8.71. The Kier molecular flexibility index (Phi) is 6.34. The zero-order chi connectivity index (χ0) is 19.3. The van der Waals surface area contributed by atoms with Crippen molar-refractivity contribution >= 4 is 15.7 Å². The number of anilines is 1. The minimum Gasteiger partial charge on any atom is -0.491 e. The number of hydrogen-bond donors (Lipinski definition) is 2. The van der Waals surface area contributed by atoms with Crippen molar-refractivity contribution in [2.75, 3.05) is 24.5 Å². The summed E-state index contributed by atoms with van der Waals surface area (Å²) in [4.78, 5) is 0.137. The maximum atomic E-state index is 12.6. The van der Waals surface area contributed by atoms with Crippen LogP contribution in [0.1, 0.15) is 24.5 Å². The largest absolute Gasteiger partial charge is 0.491 e. The summed E-state index contributed by atoms with van der Waals surface area (Å²) in [6, 6.07) is 12.1. The highest BCUT2D eigenvalue weighted by atomic mass is 32.2. The maximum absolute atomic E-state index is 12.6. The number of halogens is 1. The van der Waals surface area contributed by atoms with Crippen LogP contribution in [0.25, 0.3) is 0 Å². The molecule has 0 saturated carbocycles. The first-order valence-corrected chi connectivity index (χ1v) is 10.7. The molecule has 7 heteroatoms. The summed E-state index contributed by atoms with van der Waals surface area (Å²) in [6.07, 6.45) is 2.98. The molecule has 2 aromatic rings. The third kappa shape index (κ3) is 4.99. The van der Waals surface area contributed by atoms with Gasteiger partial charge < -0.3 is 10.1 Å². The molecule has 0 bridgehead atoms. The molecule has 1 unspecified atom stereocenters. The molecular formula is C20H25FN2O3S. The molecule has 0 fully saturated rings. The Morgan fingerprint density at radius 1 is 1.11 bits per heavy atom. The van der Waals surface area contributed by atoms with Crippen LogP contribution in [-0.2, 0) is 22.9 Å². The number of sulfonamides is 1. The number of hydrogen-bond acceptors (Lipinski definition) is 4. The van der Waals surface area contributed by atoms with Gasteiger partial charge in [0.05, 0.1) is 4.90 Å². The number of nitrogens with one attached hydrogen (secondary N) is 2. The van der Waals surface area contributed by atoms with Gasteiger partial charge in [0.15, 0.2) is 0 Å². The van der Waals surface area contributed by atoms with Crippen LogP contribution in [0.4, 0.5) is 10.1 Å². The van der Waals surface area contributed by atoms with Crippen LogP contribution in [-0.4, -0.2) is 34.3 Å². The lowest BCUT2D eigenvalue weighted by Gasteiger charge is -2.11. The van der Waals surface area contributed by atoms with Crippen molar-refractivity contribution in [3.05, 3.63) is 53.6 Å². The van der Waals surface area contributed by atoms with Gasteiger partial charge in [-0.1, -0.05) is 13.0 Å². The molecule has 2 aromatic carbocycles. The fourth-order valence-electron chi connectivity index (χ4n) is 3.26. The Morgan fingerprint density at radius 2 is 1.85 bits per heavy atom. The van der Waals surface area contributed by atoms with Gasteiger partial charge in [0.2, 0.25) is 0 Å². The summed E-state index contributed by atoms with van der Waals surface area (Å²) in [5.41, 5.74) is 3.00. The van der Waals surface area contributed by atoms with Gasteiger partial charge >= 0.3 is 0 Å². The molecule has 0 spiro atoms. The Labute approximate surface area is 160 Å². The highest BCUT2D eigenvalue weighted by Gasteiger charge is 2.22. The second-order valence-corrected chi connectivity index (χ2v) is 8.34. The van der Waals surface area contributed by atoms with Crippen molar-refractivity contribution in [3.63, 3.8) is 0 Å². The van der Waals surface area contributed by atoms with Crippen LogP contribution in [0.3, 0.4) is 0 Å². The van der Waals surface area contributed by atoms with Crippen molar-refractivity contribution < 1.29 is 17.5 Å². The molecule has 0 radical (unpaired) electrons. The average Bonchev–Trinajstić information content (AvgIpc) is 3.06. The van der Waals surface area contributed by atoms with Crippen molar-refractivity contribution in [1.82, 2.24) is 5.32 Å². The molecule has 5 nitrogen and oxygen atoms in total.